The Bertz CT molecular complexity index is 358. The predicted molar refractivity (Wildman–Crippen MR) is 56.6 cm³/mol. The van der Waals surface area contributed by atoms with Crippen molar-refractivity contribution in [3.63, 3.8) is 0 Å². The molecule has 1 aromatic heterocycles. The first-order valence-electron chi connectivity index (χ1n) is 4.26. The molecule has 2 heterocycles. The van der Waals surface area contributed by atoms with Gasteiger partial charge in [0.25, 0.3) is 0 Å². The number of alkyl halides is 1. The Morgan fingerprint density at radius 2 is 2.29 bits per heavy atom. The summed E-state index contributed by atoms with van der Waals surface area (Å²) in [6.07, 6.45) is -0.188. The van der Waals surface area contributed by atoms with Gasteiger partial charge in [0.15, 0.2) is 6.29 Å². The molecule has 1 fully saturated rings. The molecule has 1 saturated heterocycles. The van der Waals surface area contributed by atoms with E-state index in [9.17, 15) is 0 Å². The minimum Gasteiger partial charge on any atom is -0.345 e. The summed E-state index contributed by atoms with van der Waals surface area (Å²) < 4.78 is 10.7. The maximum atomic E-state index is 5.47. The van der Waals surface area contributed by atoms with Crippen molar-refractivity contribution in [1.82, 2.24) is 0 Å². The number of rotatable bonds is 1. The number of halogens is 1. The minimum absolute atomic E-state index is 0.188. The first-order chi connectivity index (χ1) is 6.90. The molecule has 0 aliphatic carbocycles. The SMILES string of the molecule is ClCC#Cc1csc(C2OCCO2)c1. The summed E-state index contributed by atoms with van der Waals surface area (Å²) in [5.74, 6) is 6.13. The average molecular weight is 229 g/mol. The van der Waals surface area contributed by atoms with Crippen LogP contribution in [0.3, 0.4) is 0 Å². The lowest BCUT2D eigenvalue weighted by atomic mass is 10.3. The summed E-state index contributed by atoms with van der Waals surface area (Å²) in [5.41, 5.74) is 0.977. The zero-order valence-corrected chi connectivity index (χ0v) is 9.03. The minimum atomic E-state index is -0.188. The van der Waals surface area contributed by atoms with E-state index < -0.39 is 0 Å². The molecular weight excluding hydrogens is 220 g/mol. The van der Waals surface area contributed by atoms with E-state index in [1.165, 1.54) is 0 Å². The molecule has 0 aromatic carbocycles. The van der Waals surface area contributed by atoms with Gasteiger partial charge in [-0.15, -0.1) is 22.9 Å². The molecule has 0 N–H and O–H groups in total. The van der Waals surface area contributed by atoms with E-state index in [2.05, 4.69) is 11.8 Å². The standard InChI is InChI=1S/C10H9ClO2S/c11-3-1-2-8-6-9(14-7-8)10-12-4-5-13-10/h6-7,10H,3-5H2. The highest BCUT2D eigenvalue weighted by atomic mass is 35.5. The molecule has 0 amide bonds. The van der Waals surface area contributed by atoms with Crippen molar-refractivity contribution in [3.8, 4) is 11.8 Å². The van der Waals surface area contributed by atoms with E-state index >= 15 is 0 Å². The number of hydrogen-bond donors (Lipinski definition) is 0. The van der Waals surface area contributed by atoms with Crippen LogP contribution in [0.1, 0.15) is 16.7 Å². The van der Waals surface area contributed by atoms with Crippen LogP contribution in [0.25, 0.3) is 0 Å². The summed E-state index contributed by atoms with van der Waals surface area (Å²) in [6.45, 7) is 1.34. The van der Waals surface area contributed by atoms with Gasteiger partial charge in [-0.05, 0) is 6.07 Å². The van der Waals surface area contributed by atoms with Gasteiger partial charge in [-0.3, -0.25) is 0 Å². The molecule has 74 valence electrons. The average Bonchev–Trinajstić information content (AvgIpc) is 2.85. The fraction of sp³-hybridized carbons (Fsp3) is 0.400. The van der Waals surface area contributed by atoms with Crippen molar-refractivity contribution in [2.24, 2.45) is 0 Å². The highest BCUT2D eigenvalue weighted by molar-refractivity contribution is 7.10. The largest absolute Gasteiger partial charge is 0.345 e. The van der Waals surface area contributed by atoms with Crippen LogP contribution in [0.2, 0.25) is 0 Å². The van der Waals surface area contributed by atoms with Crippen molar-refractivity contribution in [2.75, 3.05) is 19.1 Å². The molecule has 1 aliphatic heterocycles. The topological polar surface area (TPSA) is 18.5 Å². The van der Waals surface area contributed by atoms with Crippen molar-refractivity contribution in [1.29, 1.82) is 0 Å². The third-order valence-corrected chi connectivity index (χ3v) is 2.86. The second-order valence-electron chi connectivity index (χ2n) is 2.75. The third kappa shape index (κ3) is 2.28. The van der Waals surface area contributed by atoms with Gasteiger partial charge in [0.2, 0.25) is 0 Å². The van der Waals surface area contributed by atoms with Crippen LogP contribution in [0.4, 0.5) is 0 Å². The Morgan fingerprint density at radius 3 is 3.00 bits per heavy atom. The fourth-order valence-electron chi connectivity index (χ4n) is 1.20. The molecular formula is C10H9ClO2S. The van der Waals surface area contributed by atoms with Crippen molar-refractivity contribution < 1.29 is 9.47 Å². The quantitative estimate of drug-likeness (QED) is 0.543. The van der Waals surface area contributed by atoms with E-state index in [0.29, 0.717) is 19.1 Å². The smallest absolute Gasteiger partial charge is 0.193 e. The van der Waals surface area contributed by atoms with Crippen LogP contribution in [-0.2, 0) is 9.47 Å². The van der Waals surface area contributed by atoms with E-state index in [1.807, 2.05) is 11.4 Å². The fourth-order valence-corrected chi connectivity index (χ4v) is 2.10. The molecule has 0 saturated carbocycles. The van der Waals surface area contributed by atoms with Crippen LogP contribution in [0.15, 0.2) is 11.4 Å². The van der Waals surface area contributed by atoms with Gasteiger partial charge in [-0.1, -0.05) is 11.8 Å². The molecule has 0 radical (unpaired) electrons. The van der Waals surface area contributed by atoms with Gasteiger partial charge in [0.1, 0.15) is 0 Å². The first-order valence-corrected chi connectivity index (χ1v) is 5.68. The van der Waals surface area contributed by atoms with E-state index in [0.717, 1.165) is 10.4 Å². The van der Waals surface area contributed by atoms with E-state index in [-0.39, 0.29) is 6.29 Å². The van der Waals surface area contributed by atoms with Crippen molar-refractivity contribution >= 4 is 22.9 Å². The summed E-state index contributed by atoms with van der Waals surface area (Å²) >= 11 is 7.07. The number of hydrogen-bond acceptors (Lipinski definition) is 3. The highest BCUT2D eigenvalue weighted by Crippen LogP contribution is 2.28. The monoisotopic (exact) mass is 228 g/mol. The zero-order chi connectivity index (χ0) is 9.80. The van der Waals surface area contributed by atoms with Crippen molar-refractivity contribution in [3.05, 3.63) is 21.9 Å². The van der Waals surface area contributed by atoms with E-state index in [4.69, 9.17) is 21.1 Å². The van der Waals surface area contributed by atoms with Crippen LogP contribution in [0, 0.1) is 11.8 Å². The summed E-state index contributed by atoms with van der Waals surface area (Å²) in [6, 6.07) is 1.99. The molecule has 1 aromatic rings. The van der Waals surface area contributed by atoms with Gasteiger partial charge in [-0.2, -0.15) is 0 Å². The van der Waals surface area contributed by atoms with Gasteiger partial charge < -0.3 is 9.47 Å². The lowest BCUT2D eigenvalue weighted by Gasteiger charge is -2.03. The highest BCUT2D eigenvalue weighted by Gasteiger charge is 2.19. The molecule has 0 atom stereocenters. The van der Waals surface area contributed by atoms with Crippen molar-refractivity contribution in [2.45, 2.75) is 6.29 Å². The lowest BCUT2D eigenvalue weighted by molar-refractivity contribution is -0.0413. The lowest BCUT2D eigenvalue weighted by Crippen LogP contribution is -1.93. The molecule has 2 rings (SSSR count). The zero-order valence-electron chi connectivity index (χ0n) is 7.46. The third-order valence-electron chi connectivity index (χ3n) is 1.77. The van der Waals surface area contributed by atoms with Crippen LogP contribution >= 0.6 is 22.9 Å². The Hall–Kier alpha value is -0.530. The second kappa shape index (κ2) is 4.81. The Morgan fingerprint density at radius 1 is 1.50 bits per heavy atom. The summed E-state index contributed by atoms with van der Waals surface area (Å²) in [7, 11) is 0. The van der Waals surface area contributed by atoms with Gasteiger partial charge >= 0.3 is 0 Å². The van der Waals surface area contributed by atoms with Crippen LogP contribution < -0.4 is 0 Å². The Kier molecular flexibility index (Phi) is 3.44. The predicted octanol–water partition coefficient (Wildman–Crippen LogP) is 2.38. The maximum Gasteiger partial charge on any atom is 0.193 e. The summed E-state index contributed by atoms with van der Waals surface area (Å²) in [5, 5.41) is 1.99. The van der Waals surface area contributed by atoms with Gasteiger partial charge in [0.05, 0.1) is 24.0 Å². The molecule has 1 aliphatic rings. The van der Waals surface area contributed by atoms with Gasteiger partial charge in [-0.25, -0.2) is 0 Å². The molecule has 4 heteroatoms. The second-order valence-corrected chi connectivity index (χ2v) is 3.96. The Balaban J connectivity index is 2.08. The van der Waals surface area contributed by atoms with Crippen LogP contribution in [0.5, 0.6) is 0 Å². The molecule has 0 unspecified atom stereocenters. The summed E-state index contributed by atoms with van der Waals surface area (Å²) in [4.78, 5) is 1.07. The molecule has 0 spiro atoms. The maximum absolute atomic E-state index is 5.47. The molecule has 14 heavy (non-hydrogen) atoms. The van der Waals surface area contributed by atoms with Crippen LogP contribution in [-0.4, -0.2) is 19.1 Å². The van der Waals surface area contributed by atoms with Gasteiger partial charge in [0, 0.05) is 10.9 Å². The first kappa shape index (κ1) is 10.0. The normalized spacial score (nSPS) is 16.6. The number of thiophene rings is 1. The molecule has 0 bridgehead atoms. The number of ether oxygens (including phenoxy) is 2. The molecule has 2 nitrogen and oxygen atoms in total. The van der Waals surface area contributed by atoms with E-state index in [1.54, 1.807) is 11.3 Å². The Labute approximate surface area is 91.8 Å².